The summed E-state index contributed by atoms with van der Waals surface area (Å²) in [6.45, 7) is 4.95. The number of hydrogen-bond donors (Lipinski definition) is 2. The van der Waals surface area contributed by atoms with Crippen molar-refractivity contribution in [3.8, 4) is 17.0 Å². The van der Waals surface area contributed by atoms with Gasteiger partial charge >= 0.3 is 12.2 Å². The number of amides is 2. The molecule has 3 fully saturated rings. The zero-order valence-electron chi connectivity index (χ0n) is 21.4. The van der Waals surface area contributed by atoms with Crippen LogP contribution in [0.5, 0.6) is 5.88 Å². The van der Waals surface area contributed by atoms with Crippen molar-refractivity contribution in [1.82, 2.24) is 9.88 Å². The van der Waals surface area contributed by atoms with Gasteiger partial charge in [-0.15, -0.1) is 0 Å². The summed E-state index contributed by atoms with van der Waals surface area (Å²) in [4.78, 5) is 21.2. The van der Waals surface area contributed by atoms with Gasteiger partial charge in [0.2, 0.25) is 5.88 Å². The number of aliphatic hydroxyl groups excluding tert-OH is 1. The molecule has 1 aliphatic carbocycles. The van der Waals surface area contributed by atoms with Gasteiger partial charge in [-0.2, -0.15) is 18.2 Å². The molecular weight excluding hydrogens is 501 g/mol. The van der Waals surface area contributed by atoms with Gasteiger partial charge in [-0.05, 0) is 61.1 Å². The lowest BCUT2D eigenvalue weighted by Gasteiger charge is -2.47. The zero-order chi connectivity index (χ0) is 26.9. The minimum absolute atomic E-state index is 0.112. The minimum atomic E-state index is -4.22. The Bertz CT molecular complexity index is 1170. The average Bonchev–Trinajstić information content (AvgIpc) is 3.35. The fourth-order valence-electron chi connectivity index (χ4n) is 5.80. The second-order valence-electron chi connectivity index (χ2n) is 10.4. The van der Waals surface area contributed by atoms with Crippen LogP contribution in [0, 0.1) is 18.3 Å². The fraction of sp³-hybridized carbons (Fsp3) is 0.556. The molecule has 2 atom stereocenters. The predicted octanol–water partition coefficient (Wildman–Crippen LogP) is 4.46. The Morgan fingerprint density at radius 1 is 1.21 bits per heavy atom. The number of halogens is 3. The molecule has 38 heavy (non-hydrogen) atoms. The SMILES string of the molecule is Cc1ccc(NC(=O)N2CCC3(CCC3C(F)(F)F)C2)cc1-c1cc(OCCO)nc(N2CCOCC2)c1. The number of urea groups is 1. The Morgan fingerprint density at radius 3 is 2.68 bits per heavy atom. The number of alkyl halides is 3. The predicted molar refractivity (Wildman–Crippen MR) is 136 cm³/mol. The Balaban J connectivity index is 1.35. The largest absolute Gasteiger partial charge is 0.475 e. The van der Waals surface area contributed by atoms with Crippen LogP contribution in [0.2, 0.25) is 0 Å². The maximum atomic E-state index is 13.4. The number of morpholine rings is 1. The number of likely N-dealkylation sites (tertiary alicyclic amines) is 1. The van der Waals surface area contributed by atoms with Crippen molar-refractivity contribution in [3.63, 3.8) is 0 Å². The molecule has 8 nitrogen and oxygen atoms in total. The lowest BCUT2D eigenvalue weighted by Crippen LogP contribution is -2.50. The van der Waals surface area contributed by atoms with Crippen molar-refractivity contribution in [1.29, 1.82) is 0 Å². The lowest BCUT2D eigenvalue weighted by molar-refractivity contribution is -0.237. The van der Waals surface area contributed by atoms with E-state index in [1.807, 2.05) is 25.1 Å². The zero-order valence-corrected chi connectivity index (χ0v) is 21.4. The van der Waals surface area contributed by atoms with Crippen LogP contribution in [0.4, 0.5) is 29.5 Å². The van der Waals surface area contributed by atoms with Crippen molar-refractivity contribution < 1.29 is 32.5 Å². The van der Waals surface area contributed by atoms with E-state index >= 15 is 0 Å². The summed E-state index contributed by atoms with van der Waals surface area (Å²) in [7, 11) is 0. The second-order valence-corrected chi connectivity index (χ2v) is 10.4. The molecule has 1 spiro atoms. The maximum Gasteiger partial charge on any atom is 0.392 e. The summed E-state index contributed by atoms with van der Waals surface area (Å²) in [5.41, 5.74) is 2.39. The summed E-state index contributed by atoms with van der Waals surface area (Å²) >= 11 is 0. The molecule has 3 aliphatic rings. The minimum Gasteiger partial charge on any atom is -0.475 e. The van der Waals surface area contributed by atoms with E-state index in [4.69, 9.17) is 9.47 Å². The molecule has 1 saturated carbocycles. The van der Waals surface area contributed by atoms with Gasteiger partial charge in [-0.3, -0.25) is 0 Å². The van der Waals surface area contributed by atoms with Crippen molar-refractivity contribution in [2.75, 3.05) is 62.8 Å². The standard InChI is InChI=1S/C27H33F3N4O4/c1-18-2-3-20(31-25(36)34-7-6-26(17-34)5-4-22(26)27(28,29)30)16-21(18)19-14-23(33-8-11-37-12-9-33)32-24(15-19)38-13-10-35/h2-3,14-16,22,35H,4-13,17H2,1H3,(H,31,36). The summed E-state index contributed by atoms with van der Waals surface area (Å²) in [5.74, 6) is -0.211. The van der Waals surface area contributed by atoms with E-state index in [2.05, 4.69) is 15.2 Å². The highest BCUT2D eigenvalue weighted by Gasteiger charge is 2.61. The van der Waals surface area contributed by atoms with E-state index in [0.717, 1.165) is 22.5 Å². The molecule has 1 aromatic carbocycles. The normalized spacial score (nSPS) is 23.4. The van der Waals surface area contributed by atoms with Crippen LogP contribution in [0.25, 0.3) is 11.1 Å². The summed E-state index contributed by atoms with van der Waals surface area (Å²) in [6.07, 6.45) is -3.20. The number of aryl methyl sites for hydroxylation is 1. The maximum absolute atomic E-state index is 13.4. The van der Waals surface area contributed by atoms with Gasteiger partial charge < -0.3 is 29.7 Å². The molecule has 2 unspecified atom stereocenters. The summed E-state index contributed by atoms with van der Waals surface area (Å²) in [6, 6.07) is 8.91. The highest BCUT2D eigenvalue weighted by Crippen LogP contribution is 2.58. The number of nitrogens with one attached hydrogen (secondary N) is 1. The molecule has 3 heterocycles. The third-order valence-corrected chi connectivity index (χ3v) is 8.00. The molecule has 2 aromatic rings. The van der Waals surface area contributed by atoms with E-state index in [0.29, 0.717) is 57.3 Å². The molecule has 206 valence electrons. The Hall–Kier alpha value is -3.05. The quantitative estimate of drug-likeness (QED) is 0.569. The molecule has 2 N–H and O–H groups in total. The smallest absolute Gasteiger partial charge is 0.392 e. The number of carbonyl (C=O) groups is 1. The third-order valence-electron chi connectivity index (χ3n) is 8.00. The number of ether oxygens (including phenoxy) is 2. The highest BCUT2D eigenvalue weighted by molar-refractivity contribution is 5.91. The van der Waals surface area contributed by atoms with Gasteiger partial charge in [-0.1, -0.05) is 6.07 Å². The Labute approximate surface area is 219 Å². The number of benzene rings is 1. The van der Waals surface area contributed by atoms with Crippen LogP contribution in [0.1, 0.15) is 24.8 Å². The van der Waals surface area contributed by atoms with Crippen molar-refractivity contribution in [2.45, 2.75) is 32.4 Å². The highest BCUT2D eigenvalue weighted by atomic mass is 19.4. The second kappa shape index (κ2) is 10.6. The van der Waals surface area contributed by atoms with Gasteiger partial charge in [-0.25, -0.2) is 4.79 Å². The van der Waals surface area contributed by atoms with Gasteiger partial charge in [0.15, 0.2) is 0 Å². The number of carbonyl (C=O) groups excluding carboxylic acids is 1. The summed E-state index contributed by atoms with van der Waals surface area (Å²) < 4.78 is 51.3. The first-order valence-corrected chi connectivity index (χ1v) is 13.0. The molecule has 2 saturated heterocycles. The fourth-order valence-corrected chi connectivity index (χ4v) is 5.80. The van der Waals surface area contributed by atoms with Crippen LogP contribution in [-0.4, -0.2) is 79.8 Å². The topological polar surface area (TPSA) is 87.2 Å². The van der Waals surface area contributed by atoms with Crippen LogP contribution >= 0.6 is 0 Å². The van der Waals surface area contributed by atoms with Crippen LogP contribution in [0.3, 0.4) is 0 Å². The number of hydrogen-bond acceptors (Lipinski definition) is 6. The number of aromatic nitrogens is 1. The number of pyridine rings is 1. The van der Waals surface area contributed by atoms with Gasteiger partial charge in [0, 0.05) is 43.3 Å². The van der Waals surface area contributed by atoms with Crippen LogP contribution in [0.15, 0.2) is 30.3 Å². The number of rotatable bonds is 6. The van der Waals surface area contributed by atoms with E-state index in [1.54, 1.807) is 12.1 Å². The van der Waals surface area contributed by atoms with Crippen molar-refractivity contribution in [3.05, 3.63) is 35.9 Å². The average molecular weight is 535 g/mol. The number of anilines is 2. The van der Waals surface area contributed by atoms with Crippen molar-refractivity contribution >= 4 is 17.5 Å². The number of nitrogens with zero attached hydrogens (tertiary/aromatic N) is 3. The van der Waals surface area contributed by atoms with Gasteiger partial charge in [0.25, 0.3) is 0 Å². The number of aliphatic hydroxyl groups is 1. The molecule has 5 rings (SSSR count). The van der Waals surface area contributed by atoms with Crippen LogP contribution in [-0.2, 0) is 4.74 Å². The first-order valence-electron chi connectivity index (χ1n) is 13.0. The van der Waals surface area contributed by atoms with E-state index in [9.17, 15) is 23.1 Å². The van der Waals surface area contributed by atoms with Crippen molar-refractivity contribution in [2.24, 2.45) is 11.3 Å². The molecule has 2 amide bonds. The third kappa shape index (κ3) is 5.40. The van der Waals surface area contributed by atoms with Gasteiger partial charge in [0.05, 0.1) is 25.7 Å². The van der Waals surface area contributed by atoms with E-state index in [1.165, 1.54) is 4.90 Å². The molecule has 11 heteroatoms. The lowest BCUT2D eigenvalue weighted by atomic mass is 9.59. The first kappa shape index (κ1) is 26.6. The van der Waals surface area contributed by atoms with Crippen LogP contribution < -0.4 is 15.0 Å². The molecule has 2 aliphatic heterocycles. The van der Waals surface area contributed by atoms with E-state index in [-0.39, 0.29) is 32.2 Å². The van der Waals surface area contributed by atoms with Gasteiger partial charge in [0.1, 0.15) is 12.4 Å². The molecular formula is C27H33F3N4O4. The monoisotopic (exact) mass is 534 g/mol. The Kier molecular flexibility index (Phi) is 7.41. The Morgan fingerprint density at radius 2 is 2.00 bits per heavy atom. The molecule has 0 bridgehead atoms. The first-order chi connectivity index (χ1) is 18.2. The molecule has 0 radical (unpaired) electrons. The summed E-state index contributed by atoms with van der Waals surface area (Å²) in [5, 5.41) is 12.1. The van der Waals surface area contributed by atoms with E-state index < -0.39 is 17.5 Å². The molecule has 1 aromatic heterocycles.